The zero-order valence-electron chi connectivity index (χ0n) is 14.2. The number of likely N-dealkylation sites (tertiary alicyclic amines) is 1. The van der Waals surface area contributed by atoms with Crippen molar-refractivity contribution in [1.82, 2.24) is 9.62 Å². The van der Waals surface area contributed by atoms with Crippen LogP contribution in [0, 0.1) is 6.92 Å². The lowest BCUT2D eigenvalue weighted by Crippen LogP contribution is -2.39. The van der Waals surface area contributed by atoms with Gasteiger partial charge in [0.2, 0.25) is 10.0 Å². The summed E-state index contributed by atoms with van der Waals surface area (Å²) < 4.78 is 29.2. The van der Waals surface area contributed by atoms with Gasteiger partial charge in [-0.1, -0.05) is 11.6 Å². The second-order valence-corrected chi connectivity index (χ2v) is 9.95. The number of β-amino-alcohol motifs (C(OH)–C–C–N with tert-alkyl or cyclic N) is 1. The molecule has 1 fully saturated rings. The Labute approximate surface area is 157 Å². The fourth-order valence-corrected chi connectivity index (χ4v) is 6.27. The van der Waals surface area contributed by atoms with Gasteiger partial charge >= 0.3 is 0 Å². The largest absolute Gasteiger partial charge is 0.392 e. The molecule has 3 rings (SSSR count). The van der Waals surface area contributed by atoms with Crippen molar-refractivity contribution < 1.29 is 13.5 Å². The Kier molecular flexibility index (Phi) is 6.03. The Balaban J connectivity index is 1.61. The van der Waals surface area contributed by atoms with Crippen LogP contribution in [0.2, 0.25) is 5.02 Å². The van der Waals surface area contributed by atoms with Crippen LogP contribution >= 0.6 is 22.9 Å². The number of aryl methyl sites for hydroxylation is 1. The lowest BCUT2D eigenvalue weighted by molar-refractivity contribution is 0.0704. The van der Waals surface area contributed by atoms with E-state index in [4.69, 9.17) is 11.6 Å². The minimum absolute atomic E-state index is 0.251. The number of nitrogens with one attached hydrogen (secondary N) is 1. The van der Waals surface area contributed by atoms with Crippen molar-refractivity contribution in [1.29, 1.82) is 0 Å². The molecule has 5 nitrogen and oxygen atoms in total. The molecule has 0 spiro atoms. The molecule has 1 aromatic heterocycles. The molecule has 1 atom stereocenters. The summed E-state index contributed by atoms with van der Waals surface area (Å²) in [5.74, 6) is 0. The molecule has 0 radical (unpaired) electrons. The molecular weight excluding hydrogens is 380 g/mol. The number of hydrogen-bond acceptors (Lipinski definition) is 5. The first kappa shape index (κ1) is 19.1. The highest BCUT2D eigenvalue weighted by molar-refractivity contribution is 7.91. The van der Waals surface area contributed by atoms with E-state index in [1.807, 2.05) is 19.1 Å². The van der Waals surface area contributed by atoms with Gasteiger partial charge in [0.1, 0.15) is 4.21 Å². The van der Waals surface area contributed by atoms with Crippen LogP contribution in [0.3, 0.4) is 0 Å². The molecule has 138 valence electrons. The number of aliphatic hydroxyl groups excluding tert-OH is 1. The van der Waals surface area contributed by atoms with Gasteiger partial charge in [0, 0.05) is 22.8 Å². The zero-order valence-corrected chi connectivity index (χ0v) is 16.6. The summed E-state index contributed by atoms with van der Waals surface area (Å²) in [4.78, 5) is 2.19. The molecule has 8 heteroatoms. The molecule has 25 heavy (non-hydrogen) atoms. The summed E-state index contributed by atoms with van der Waals surface area (Å²) in [5.41, 5.74) is 0.745. The number of piperidine rings is 1. The quantitative estimate of drug-likeness (QED) is 0.729. The average molecular weight is 403 g/mol. The molecular formula is C17H23ClN2O3S2. The van der Waals surface area contributed by atoms with Crippen LogP contribution in [-0.2, 0) is 10.0 Å². The smallest absolute Gasteiger partial charge is 0.250 e. The molecule has 1 aliphatic rings. The lowest BCUT2D eigenvalue weighted by atomic mass is 10.1. The normalized spacial score (nSPS) is 19.6. The Morgan fingerprint density at radius 3 is 3.00 bits per heavy atom. The van der Waals surface area contributed by atoms with Crippen molar-refractivity contribution >= 4 is 43.0 Å². The summed E-state index contributed by atoms with van der Waals surface area (Å²) in [6.45, 7) is 4.66. The van der Waals surface area contributed by atoms with Crippen LogP contribution in [0.15, 0.2) is 22.4 Å². The van der Waals surface area contributed by atoms with Crippen molar-refractivity contribution in [2.24, 2.45) is 0 Å². The molecule has 2 aromatic rings. The monoisotopic (exact) mass is 402 g/mol. The second-order valence-electron chi connectivity index (χ2n) is 6.50. The van der Waals surface area contributed by atoms with Crippen LogP contribution in [0.5, 0.6) is 0 Å². The van der Waals surface area contributed by atoms with Gasteiger partial charge in [-0.15, -0.1) is 11.3 Å². The molecule has 1 aliphatic heterocycles. The van der Waals surface area contributed by atoms with E-state index in [0.29, 0.717) is 22.3 Å². The molecule has 0 saturated carbocycles. The number of fused-ring (bicyclic) bond motifs is 1. The Bertz CT molecular complexity index is 851. The SMILES string of the molecule is Cc1c(S(=O)(=O)NCCCN2CCC[C@@H](O)C2)sc2ccc(Cl)cc12. The number of thiophene rings is 1. The van der Waals surface area contributed by atoms with E-state index in [1.54, 1.807) is 6.07 Å². The predicted octanol–water partition coefficient (Wildman–Crippen LogP) is 2.99. The highest BCUT2D eigenvalue weighted by Gasteiger charge is 2.22. The maximum Gasteiger partial charge on any atom is 0.250 e. The summed E-state index contributed by atoms with van der Waals surface area (Å²) in [5, 5.41) is 11.2. The fourth-order valence-electron chi connectivity index (χ4n) is 3.24. The summed E-state index contributed by atoms with van der Waals surface area (Å²) in [6.07, 6.45) is 2.33. The third-order valence-electron chi connectivity index (χ3n) is 4.52. The highest BCUT2D eigenvalue weighted by atomic mass is 35.5. The maximum absolute atomic E-state index is 12.6. The Hall–Kier alpha value is -0.700. The van der Waals surface area contributed by atoms with Crippen molar-refractivity contribution in [3.05, 3.63) is 28.8 Å². The third kappa shape index (κ3) is 4.53. The molecule has 0 bridgehead atoms. The Morgan fingerprint density at radius 2 is 2.24 bits per heavy atom. The lowest BCUT2D eigenvalue weighted by Gasteiger charge is -2.29. The van der Waals surface area contributed by atoms with E-state index in [1.165, 1.54) is 11.3 Å². The first-order valence-corrected chi connectivity index (χ1v) is 11.1. The summed E-state index contributed by atoms with van der Waals surface area (Å²) in [6, 6.07) is 5.44. The van der Waals surface area contributed by atoms with Crippen LogP contribution in [0.1, 0.15) is 24.8 Å². The van der Waals surface area contributed by atoms with Crippen LogP contribution < -0.4 is 4.72 Å². The molecule has 2 N–H and O–H groups in total. The van der Waals surface area contributed by atoms with Gasteiger partial charge in [-0.25, -0.2) is 13.1 Å². The van der Waals surface area contributed by atoms with E-state index in [-0.39, 0.29) is 6.10 Å². The van der Waals surface area contributed by atoms with E-state index in [9.17, 15) is 13.5 Å². The molecule has 1 aromatic carbocycles. The van der Waals surface area contributed by atoms with Gasteiger partial charge in [0.25, 0.3) is 0 Å². The van der Waals surface area contributed by atoms with Crippen molar-refractivity contribution in [2.75, 3.05) is 26.2 Å². The molecule has 2 heterocycles. The molecule has 0 aliphatic carbocycles. The second kappa shape index (κ2) is 7.90. The first-order chi connectivity index (χ1) is 11.9. The van der Waals surface area contributed by atoms with Gasteiger partial charge in [0.15, 0.2) is 0 Å². The predicted molar refractivity (Wildman–Crippen MR) is 103 cm³/mol. The van der Waals surface area contributed by atoms with Crippen LogP contribution in [-0.4, -0.2) is 50.7 Å². The van der Waals surface area contributed by atoms with Gasteiger partial charge in [-0.05, 0) is 68.4 Å². The van der Waals surface area contributed by atoms with Crippen LogP contribution in [0.4, 0.5) is 0 Å². The van der Waals surface area contributed by atoms with E-state index in [0.717, 1.165) is 48.0 Å². The number of halogens is 1. The number of aliphatic hydroxyl groups is 1. The van der Waals surface area contributed by atoms with Gasteiger partial charge in [-0.3, -0.25) is 0 Å². The van der Waals surface area contributed by atoms with Gasteiger partial charge in [-0.2, -0.15) is 0 Å². The van der Waals surface area contributed by atoms with Gasteiger partial charge in [0.05, 0.1) is 6.10 Å². The van der Waals surface area contributed by atoms with E-state index < -0.39 is 10.0 Å². The minimum atomic E-state index is -3.52. The van der Waals surface area contributed by atoms with Crippen molar-refractivity contribution in [2.45, 2.75) is 36.5 Å². The maximum atomic E-state index is 12.6. The summed E-state index contributed by atoms with van der Waals surface area (Å²) in [7, 11) is -3.52. The molecule has 0 unspecified atom stereocenters. The topological polar surface area (TPSA) is 69.6 Å². The third-order valence-corrected chi connectivity index (χ3v) is 8.11. The average Bonchev–Trinajstić information content (AvgIpc) is 2.89. The van der Waals surface area contributed by atoms with Crippen molar-refractivity contribution in [3.63, 3.8) is 0 Å². The highest BCUT2D eigenvalue weighted by Crippen LogP contribution is 2.35. The van der Waals surface area contributed by atoms with Crippen molar-refractivity contribution in [3.8, 4) is 0 Å². The van der Waals surface area contributed by atoms with E-state index in [2.05, 4.69) is 9.62 Å². The molecule has 1 saturated heterocycles. The number of hydrogen-bond donors (Lipinski definition) is 2. The fraction of sp³-hybridized carbons (Fsp3) is 0.529. The summed E-state index contributed by atoms with van der Waals surface area (Å²) >= 11 is 7.29. The Morgan fingerprint density at radius 1 is 1.44 bits per heavy atom. The number of sulfonamides is 1. The zero-order chi connectivity index (χ0) is 18.0. The standard InChI is InChI=1S/C17H23ClN2O3S2/c1-12-15-10-13(18)5-6-16(15)24-17(12)25(22,23)19-7-3-9-20-8-2-4-14(21)11-20/h5-6,10,14,19,21H,2-4,7-9,11H2,1H3/t14-/m1/s1. The number of nitrogens with zero attached hydrogens (tertiary/aromatic N) is 1. The van der Waals surface area contributed by atoms with Crippen LogP contribution in [0.25, 0.3) is 10.1 Å². The van der Waals surface area contributed by atoms with E-state index >= 15 is 0 Å². The minimum Gasteiger partial charge on any atom is -0.392 e. The first-order valence-electron chi connectivity index (χ1n) is 8.45. The van der Waals surface area contributed by atoms with Gasteiger partial charge < -0.3 is 10.0 Å². The number of rotatable bonds is 6. The number of benzene rings is 1. The molecule has 0 amide bonds.